The molecule has 3 aromatic heterocycles. The summed E-state index contributed by atoms with van der Waals surface area (Å²) in [4.78, 5) is 27.1. The van der Waals surface area contributed by atoms with E-state index in [0.717, 1.165) is 6.33 Å². The molecule has 33 heavy (non-hydrogen) atoms. The maximum atomic E-state index is 14.7. The van der Waals surface area contributed by atoms with Gasteiger partial charge in [0, 0.05) is 24.7 Å². The van der Waals surface area contributed by atoms with E-state index in [2.05, 4.69) is 25.3 Å². The van der Waals surface area contributed by atoms with Gasteiger partial charge in [0.25, 0.3) is 0 Å². The summed E-state index contributed by atoms with van der Waals surface area (Å²) < 4.78 is 79.2. The number of aromatic nitrogens is 4. The Bertz CT molecular complexity index is 1170. The lowest BCUT2D eigenvalue weighted by Gasteiger charge is -2.28. The van der Waals surface area contributed by atoms with Crippen molar-refractivity contribution in [3.63, 3.8) is 0 Å². The van der Waals surface area contributed by atoms with Gasteiger partial charge in [0.1, 0.15) is 24.3 Å². The van der Waals surface area contributed by atoms with Crippen molar-refractivity contribution in [3.8, 4) is 0 Å². The quantitative estimate of drug-likeness (QED) is 0.298. The summed E-state index contributed by atoms with van der Waals surface area (Å²) in [5.41, 5.74) is -0.0372. The minimum Gasteiger partial charge on any atom is -0.360 e. The zero-order valence-corrected chi connectivity index (χ0v) is 17.1. The number of hydrogen-bond donors (Lipinski definition) is 2. The molecule has 176 valence electrons. The second-order valence-electron chi connectivity index (χ2n) is 8.09. The number of hydrogen-bond acceptors (Lipinski definition) is 5. The predicted octanol–water partition coefficient (Wildman–Crippen LogP) is 5.07. The molecule has 0 spiro atoms. The normalized spacial score (nSPS) is 16.8. The first-order chi connectivity index (χ1) is 15.5. The molecule has 0 amide bonds. The Kier molecular flexibility index (Phi) is 6.02. The third kappa shape index (κ3) is 5.25. The molecule has 1 aliphatic rings. The highest BCUT2D eigenvalue weighted by Gasteiger charge is 2.35. The topological polar surface area (TPSA) is 83.6 Å². The lowest BCUT2D eigenvalue weighted by molar-refractivity contribution is -0.115. The zero-order valence-electron chi connectivity index (χ0n) is 17.1. The van der Waals surface area contributed by atoms with Gasteiger partial charge in [-0.25, -0.2) is 23.7 Å². The average Bonchev–Trinajstić information content (AvgIpc) is 3.18. The fourth-order valence-electron chi connectivity index (χ4n) is 3.96. The maximum absolute atomic E-state index is 14.7. The third-order valence-electron chi connectivity index (χ3n) is 5.66. The molecule has 4 rings (SSSR count). The number of pyridine rings is 1. The van der Waals surface area contributed by atoms with Crippen LogP contribution < -0.4 is 5.32 Å². The van der Waals surface area contributed by atoms with Crippen molar-refractivity contribution in [2.24, 2.45) is 5.92 Å². The number of carbonyl (C=O) groups excluding carboxylic acids is 1. The zero-order chi connectivity index (χ0) is 23.8. The van der Waals surface area contributed by atoms with Gasteiger partial charge in [-0.05, 0) is 37.3 Å². The molecular weight excluding hydrogens is 452 g/mol. The second-order valence-corrected chi connectivity index (χ2v) is 8.09. The Hall–Kier alpha value is -3.18. The number of halogens is 6. The van der Waals surface area contributed by atoms with Crippen LogP contribution in [0.5, 0.6) is 0 Å². The van der Waals surface area contributed by atoms with Gasteiger partial charge < -0.3 is 10.3 Å². The van der Waals surface area contributed by atoms with E-state index >= 15 is 0 Å². The SMILES string of the molecule is O=C(c1ccc(CC2CCC(F)(F)CC2)nc1F)c1c[nH]c2ncnc(NCC(F)(F)F)c12. The van der Waals surface area contributed by atoms with E-state index in [4.69, 9.17) is 0 Å². The fourth-order valence-corrected chi connectivity index (χ4v) is 3.96. The number of aromatic amines is 1. The molecule has 0 radical (unpaired) electrons. The summed E-state index contributed by atoms with van der Waals surface area (Å²) in [6, 6.07) is 2.69. The van der Waals surface area contributed by atoms with Crippen LogP contribution in [0.4, 0.5) is 32.2 Å². The van der Waals surface area contributed by atoms with Crippen molar-refractivity contribution in [1.29, 1.82) is 0 Å². The van der Waals surface area contributed by atoms with Crippen molar-refractivity contribution in [1.82, 2.24) is 19.9 Å². The number of fused-ring (bicyclic) bond motifs is 1. The first-order valence-electron chi connectivity index (χ1n) is 10.2. The Morgan fingerprint density at radius 1 is 1.15 bits per heavy atom. The second kappa shape index (κ2) is 8.64. The molecular formula is C21H19F6N5O. The third-order valence-corrected chi connectivity index (χ3v) is 5.66. The van der Waals surface area contributed by atoms with Crippen molar-refractivity contribution >= 4 is 22.6 Å². The summed E-state index contributed by atoms with van der Waals surface area (Å²) in [6.45, 7) is -1.38. The minimum atomic E-state index is -4.52. The van der Waals surface area contributed by atoms with Crippen molar-refractivity contribution < 1.29 is 31.1 Å². The van der Waals surface area contributed by atoms with Crippen LogP contribution in [0.25, 0.3) is 11.0 Å². The number of carbonyl (C=O) groups is 1. The lowest BCUT2D eigenvalue weighted by Crippen LogP contribution is -2.25. The monoisotopic (exact) mass is 471 g/mol. The van der Waals surface area contributed by atoms with Crippen molar-refractivity contribution in [2.45, 2.75) is 44.2 Å². The Morgan fingerprint density at radius 2 is 1.88 bits per heavy atom. The van der Waals surface area contributed by atoms with Crippen LogP contribution in [0, 0.1) is 11.9 Å². The molecule has 0 unspecified atom stereocenters. The Labute approximate surface area is 183 Å². The smallest absolute Gasteiger partial charge is 0.360 e. The average molecular weight is 471 g/mol. The maximum Gasteiger partial charge on any atom is 0.405 e. The Balaban J connectivity index is 1.56. The molecule has 3 heterocycles. The highest BCUT2D eigenvalue weighted by molar-refractivity contribution is 6.17. The van der Waals surface area contributed by atoms with Gasteiger partial charge in [-0.1, -0.05) is 0 Å². The summed E-state index contributed by atoms with van der Waals surface area (Å²) in [5, 5.41) is 2.12. The Morgan fingerprint density at radius 3 is 2.55 bits per heavy atom. The standard InChI is InChI=1S/C21H19F6N5O/c22-17-13(2-1-12(32-17)7-11-3-5-20(23,24)6-4-11)16(33)14-8-28-18-15(14)19(31-10-30-18)29-9-21(25,26)27/h1-2,8,10-11H,3-7,9H2,(H2,28,29,30,31). The molecule has 0 aromatic carbocycles. The molecule has 1 aliphatic carbocycles. The molecule has 2 N–H and O–H groups in total. The minimum absolute atomic E-state index is 0.00152. The number of ketones is 1. The molecule has 0 aliphatic heterocycles. The van der Waals surface area contributed by atoms with Crippen molar-refractivity contribution in [3.05, 3.63) is 47.4 Å². The molecule has 0 saturated heterocycles. The first kappa shape index (κ1) is 23.0. The van der Waals surface area contributed by atoms with Crippen LogP contribution in [-0.2, 0) is 6.42 Å². The van der Waals surface area contributed by atoms with Crippen LogP contribution in [0.2, 0.25) is 0 Å². The number of rotatable bonds is 6. The van der Waals surface area contributed by atoms with E-state index in [1.54, 1.807) is 0 Å². The van der Waals surface area contributed by atoms with Crippen LogP contribution in [0.15, 0.2) is 24.7 Å². The van der Waals surface area contributed by atoms with Crippen molar-refractivity contribution in [2.75, 3.05) is 11.9 Å². The van der Waals surface area contributed by atoms with Crippen LogP contribution >= 0.6 is 0 Å². The van der Waals surface area contributed by atoms with E-state index in [1.807, 2.05) is 0 Å². The van der Waals surface area contributed by atoms with E-state index in [9.17, 15) is 31.1 Å². The molecule has 0 bridgehead atoms. The highest BCUT2D eigenvalue weighted by Crippen LogP contribution is 2.37. The summed E-state index contributed by atoms with van der Waals surface area (Å²) >= 11 is 0. The highest BCUT2D eigenvalue weighted by atomic mass is 19.4. The number of nitrogens with one attached hydrogen (secondary N) is 2. The van der Waals surface area contributed by atoms with Crippen LogP contribution in [-0.4, -0.2) is 44.4 Å². The predicted molar refractivity (Wildman–Crippen MR) is 107 cm³/mol. The number of nitrogens with zero attached hydrogens (tertiary/aromatic N) is 3. The molecule has 6 nitrogen and oxygen atoms in total. The molecule has 3 aromatic rings. The van der Waals surface area contributed by atoms with Crippen LogP contribution in [0.1, 0.15) is 47.3 Å². The first-order valence-corrected chi connectivity index (χ1v) is 10.2. The van der Waals surface area contributed by atoms with E-state index in [0.29, 0.717) is 25.0 Å². The van der Waals surface area contributed by atoms with Gasteiger partial charge in [0.15, 0.2) is 5.78 Å². The van der Waals surface area contributed by atoms with E-state index in [-0.39, 0.29) is 46.7 Å². The number of alkyl halides is 5. The van der Waals surface area contributed by atoms with Gasteiger partial charge in [-0.3, -0.25) is 4.79 Å². The number of H-pyrrole nitrogens is 1. The summed E-state index contributed by atoms with van der Waals surface area (Å²) in [7, 11) is 0. The molecule has 1 saturated carbocycles. The van der Waals surface area contributed by atoms with Gasteiger partial charge in [0.2, 0.25) is 11.9 Å². The van der Waals surface area contributed by atoms with E-state index < -0.39 is 30.4 Å². The lowest BCUT2D eigenvalue weighted by atomic mass is 9.84. The molecule has 12 heteroatoms. The van der Waals surface area contributed by atoms with Gasteiger partial charge in [0.05, 0.1) is 16.5 Å². The summed E-state index contributed by atoms with van der Waals surface area (Å²) in [5.74, 6) is -4.79. The van der Waals surface area contributed by atoms with Gasteiger partial charge >= 0.3 is 6.18 Å². The van der Waals surface area contributed by atoms with Gasteiger partial charge in [-0.15, -0.1) is 0 Å². The van der Waals surface area contributed by atoms with Gasteiger partial charge in [-0.2, -0.15) is 17.6 Å². The fraction of sp³-hybridized carbons (Fsp3) is 0.429. The largest absolute Gasteiger partial charge is 0.405 e. The molecule has 0 atom stereocenters. The van der Waals surface area contributed by atoms with E-state index in [1.165, 1.54) is 18.3 Å². The summed E-state index contributed by atoms with van der Waals surface area (Å²) in [6.07, 6.45) is -1.78. The molecule has 1 fully saturated rings. The van der Waals surface area contributed by atoms with Crippen LogP contribution in [0.3, 0.4) is 0 Å². The number of anilines is 1.